The molecule has 0 unspecified atom stereocenters. The van der Waals surface area contributed by atoms with E-state index in [1.807, 2.05) is 19.9 Å². The van der Waals surface area contributed by atoms with Gasteiger partial charge in [-0.05, 0) is 33.1 Å². The third-order valence-corrected chi connectivity index (χ3v) is 2.30. The minimum Gasteiger partial charge on any atom is -0.461 e. The summed E-state index contributed by atoms with van der Waals surface area (Å²) in [6.07, 6.45) is 6.93. The van der Waals surface area contributed by atoms with E-state index in [1.165, 1.54) is 0 Å². The molecular formula is C14H25NO2. The van der Waals surface area contributed by atoms with Crippen LogP contribution in [0.15, 0.2) is 16.8 Å². The topological polar surface area (TPSA) is 38.7 Å². The number of ether oxygens (including phenoxy) is 1. The molecule has 0 atom stereocenters. The highest BCUT2D eigenvalue weighted by Crippen LogP contribution is 2.07. The lowest BCUT2D eigenvalue weighted by atomic mass is 10.2. The zero-order valence-electron chi connectivity index (χ0n) is 11.6. The number of aliphatic imine (C=N–C) groups is 1. The van der Waals surface area contributed by atoms with Gasteiger partial charge in [0.05, 0.1) is 6.61 Å². The molecule has 0 aromatic rings. The van der Waals surface area contributed by atoms with Gasteiger partial charge < -0.3 is 4.74 Å². The SMILES string of the molecule is CCCC/C=C(\N=C(/C)CCC)C(=O)OCC. The van der Waals surface area contributed by atoms with Crippen molar-refractivity contribution in [3.8, 4) is 0 Å². The fourth-order valence-electron chi connectivity index (χ4n) is 1.45. The molecule has 0 saturated heterocycles. The summed E-state index contributed by atoms with van der Waals surface area (Å²) in [7, 11) is 0. The van der Waals surface area contributed by atoms with Crippen LogP contribution in [0.1, 0.15) is 59.8 Å². The lowest BCUT2D eigenvalue weighted by Crippen LogP contribution is -2.08. The van der Waals surface area contributed by atoms with Crippen LogP contribution in [0.3, 0.4) is 0 Å². The normalized spacial score (nSPS) is 12.7. The Hall–Kier alpha value is -1.12. The molecule has 0 rings (SSSR count). The number of esters is 1. The Morgan fingerprint density at radius 2 is 1.94 bits per heavy atom. The lowest BCUT2D eigenvalue weighted by Gasteiger charge is -2.04. The van der Waals surface area contributed by atoms with Gasteiger partial charge in [-0.15, -0.1) is 0 Å². The zero-order chi connectivity index (χ0) is 13.1. The number of nitrogens with zero attached hydrogens (tertiary/aromatic N) is 1. The van der Waals surface area contributed by atoms with Crippen molar-refractivity contribution in [1.82, 2.24) is 0 Å². The number of rotatable bonds is 8. The Balaban J connectivity index is 4.66. The second-order valence-corrected chi connectivity index (χ2v) is 4.05. The van der Waals surface area contributed by atoms with Crippen LogP contribution in [0.5, 0.6) is 0 Å². The predicted octanol–water partition coefficient (Wildman–Crippen LogP) is 3.88. The molecule has 0 heterocycles. The van der Waals surface area contributed by atoms with E-state index in [0.717, 1.165) is 37.8 Å². The largest absolute Gasteiger partial charge is 0.461 e. The van der Waals surface area contributed by atoms with Crippen LogP contribution in [0.25, 0.3) is 0 Å². The Kier molecular flexibility index (Phi) is 9.40. The molecule has 0 N–H and O–H groups in total. The van der Waals surface area contributed by atoms with Crippen molar-refractivity contribution in [2.24, 2.45) is 4.99 Å². The van der Waals surface area contributed by atoms with Gasteiger partial charge in [0.15, 0.2) is 0 Å². The zero-order valence-corrected chi connectivity index (χ0v) is 11.6. The molecular weight excluding hydrogens is 214 g/mol. The van der Waals surface area contributed by atoms with Gasteiger partial charge in [-0.1, -0.05) is 32.8 Å². The summed E-state index contributed by atoms with van der Waals surface area (Å²) in [6, 6.07) is 0. The highest BCUT2D eigenvalue weighted by atomic mass is 16.5. The maximum absolute atomic E-state index is 11.7. The highest BCUT2D eigenvalue weighted by molar-refractivity contribution is 5.93. The second-order valence-electron chi connectivity index (χ2n) is 4.05. The van der Waals surface area contributed by atoms with Crippen molar-refractivity contribution in [3.63, 3.8) is 0 Å². The lowest BCUT2D eigenvalue weighted by molar-refractivity contribution is -0.138. The molecule has 0 fully saturated rings. The summed E-state index contributed by atoms with van der Waals surface area (Å²) >= 11 is 0. The third kappa shape index (κ3) is 7.72. The van der Waals surface area contributed by atoms with Gasteiger partial charge >= 0.3 is 5.97 Å². The molecule has 0 radical (unpaired) electrons. The molecule has 3 heteroatoms. The van der Waals surface area contributed by atoms with E-state index in [9.17, 15) is 4.79 Å². The van der Waals surface area contributed by atoms with Gasteiger partial charge in [-0.3, -0.25) is 4.99 Å². The predicted molar refractivity (Wildman–Crippen MR) is 72.3 cm³/mol. The summed E-state index contributed by atoms with van der Waals surface area (Å²) in [5.74, 6) is -0.306. The fourth-order valence-corrected chi connectivity index (χ4v) is 1.45. The molecule has 98 valence electrons. The van der Waals surface area contributed by atoms with E-state index in [2.05, 4.69) is 18.8 Å². The van der Waals surface area contributed by atoms with Gasteiger partial charge in [0, 0.05) is 5.71 Å². The number of carbonyl (C=O) groups is 1. The van der Waals surface area contributed by atoms with Crippen LogP contribution in [0.2, 0.25) is 0 Å². The van der Waals surface area contributed by atoms with Crippen molar-refractivity contribution in [3.05, 3.63) is 11.8 Å². The molecule has 0 aliphatic heterocycles. The number of unbranched alkanes of at least 4 members (excludes halogenated alkanes) is 2. The van der Waals surface area contributed by atoms with Crippen molar-refractivity contribution < 1.29 is 9.53 Å². The number of allylic oxidation sites excluding steroid dienone is 1. The maximum Gasteiger partial charge on any atom is 0.356 e. The maximum atomic E-state index is 11.7. The molecule has 0 aromatic carbocycles. The number of hydrogen-bond acceptors (Lipinski definition) is 3. The molecule has 0 amide bonds. The standard InChI is InChI=1S/C14H25NO2/c1-5-8-9-11-13(14(16)17-7-3)15-12(4)10-6-2/h11H,5-10H2,1-4H3/b13-11-,15-12+. The first kappa shape index (κ1) is 15.9. The van der Waals surface area contributed by atoms with Crippen molar-refractivity contribution in [2.45, 2.75) is 59.8 Å². The van der Waals surface area contributed by atoms with E-state index in [-0.39, 0.29) is 5.97 Å². The minimum atomic E-state index is -0.306. The summed E-state index contributed by atoms with van der Waals surface area (Å²) in [4.78, 5) is 16.0. The van der Waals surface area contributed by atoms with Gasteiger partial charge in [0.1, 0.15) is 5.70 Å². The van der Waals surface area contributed by atoms with Crippen LogP contribution in [-0.2, 0) is 9.53 Å². The highest BCUT2D eigenvalue weighted by Gasteiger charge is 2.09. The molecule has 0 saturated carbocycles. The number of carbonyl (C=O) groups excluding carboxylic acids is 1. The van der Waals surface area contributed by atoms with E-state index in [1.54, 1.807) is 0 Å². The van der Waals surface area contributed by atoms with E-state index < -0.39 is 0 Å². The second kappa shape index (κ2) is 10.1. The summed E-state index contributed by atoms with van der Waals surface area (Å²) in [5.41, 5.74) is 1.45. The summed E-state index contributed by atoms with van der Waals surface area (Å²) in [5, 5.41) is 0. The third-order valence-electron chi connectivity index (χ3n) is 2.30. The Bertz CT molecular complexity index is 280. The Morgan fingerprint density at radius 3 is 2.47 bits per heavy atom. The van der Waals surface area contributed by atoms with Gasteiger partial charge in [0.2, 0.25) is 0 Å². The van der Waals surface area contributed by atoms with Crippen LogP contribution < -0.4 is 0 Å². The van der Waals surface area contributed by atoms with Crippen LogP contribution in [-0.4, -0.2) is 18.3 Å². The van der Waals surface area contributed by atoms with Crippen LogP contribution in [0.4, 0.5) is 0 Å². The molecule has 0 bridgehead atoms. The van der Waals surface area contributed by atoms with E-state index in [4.69, 9.17) is 4.74 Å². The molecule has 3 nitrogen and oxygen atoms in total. The molecule has 0 spiro atoms. The van der Waals surface area contributed by atoms with Crippen LogP contribution >= 0.6 is 0 Å². The monoisotopic (exact) mass is 239 g/mol. The molecule has 0 aliphatic rings. The molecule has 0 aromatic heterocycles. The summed E-state index contributed by atoms with van der Waals surface area (Å²) < 4.78 is 5.00. The first-order valence-electron chi connectivity index (χ1n) is 6.57. The van der Waals surface area contributed by atoms with Gasteiger partial charge in [-0.2, -0.15) is 0 Å². The van der Waals surface area contributed by atoms with Gasteiger partial charge in [0.25, 0.3) is 0 Å². The fraction of sp³-hybridized carbons (Fsp3) is 0.714. The quantitative estimate of drug-likeness (QED) is 0.279. The molecule has 0 aliphatic carbocycles. The smallest absolute Gasteiger partial charge is 0.356 e. The van der Waals surface area contributed by atoms with E-state index in [0.29, 0.717) is 12.3 Å². The van der Waals surface area contributed by atoms with Gasteiger partial charge in [-0.25, -0.2) is 4.79 Å². The van der Waals surface area contributed by atoms with Crippen LogP contribution in [0, 0.1) is 0 Å². The Morgan fingerprint density at radius 1 is 1.24 bits per heavy atom. The number of hydrogen-bond donors (Lipinski definition) is 0. The molecule has 17 heavy (non-hydrogen) atoms. The van der Waals surface area contributed by atoms with Crippen molar-refractivity contribution in [2.75, 3.05) is 6.61 Å². The van der Waals surface area contributed by atoms with Crippen molar-refractivity contribution >= 4 is 11.7 Å². The van der Waals surface area contributed by atoms with Crippen molar-refractivity contribution in [1.29, 1.82) is 0 Å². The first-order chi connectivity index (χ1) is 8.15. The average molecular weight is 239 g/mol. The summed E-state index contributed by atoms with van der Waals surface area (Å²) in [6.45, 7) is 8.39. The average Bonchev–Trinajstić information content (AvgIpc) is 2.28. The first-order valence-corrected chi connectivity index (χ1v) is 6.57. The van der Waals surface area contributed by atoms with E-state index >= 15 is 0 Å². The Labute approximate surface area is 105 Å². The minimum absolute atomic E-state index is 0.306.